The molecule has 1 unspecified atom stereocenters. The lowest BCUT2D eigenvalue weighted by Crippen LogP contribution is -2.26. The van der Waals surface area contributed by atoms with Crippen LogP contribution in [0.15, 0.2) is 34.3 Å². The van der Waals surface area contributed by atoms with Crippen LogP contribution in [-0.2, 0) is 4.79 Å². The third-order valence-corrected chi connectivity index (χ3v) is 4.50. The molecule has 1 amide bonds. The van der Waals surface area contributed by atoms with Crippen LogP contribution in [0.1, 0.15) is 0 Å². The number of carbonyl (C=O) groups excluding carboxylic acids is 1. The van der Waals surface area contributed by atoms with Gasteiger partial charge in [0.1, 0.15) is 21.8 Å². The number of nitriles is 1. The fraction of sp³-hybridized carbons (Fsp3) is 0.214. The van der Waals surface area contributed by atoms with Gasteiger partial charge in [-0.15, -0.1) is 11.8 Å². The average Bonchev–Trinajstić information content (AvgIpc) is 2.52. The van der Waals surface area contributed by atoms with Gasteiger partial charge in [-0.2, -0.15) is 5.26 Å². The van der Waals surface area contributed by atoms with E-state index in [-0.39, 0.29) is 17.6 Å². The molecule has 2 N–H and O–H groups in total. The number of rotatable bonds is 3. The molecule has 0 saturated heterocycles. The van der Waals surface area contributed by atoms with E-state index in [1.54, 1.807) is 12.3 Å². The van der Waals surface area contributed by atoms with E-state index in [2.05, 4.69) is 21.4 Å². The second-order valence-electron chi connectivity index (χ2n) is 4.34. The Kier molecular flexibility index (Phi) is 5.90. The molecule has 9 heteroatoms. The van der Waals surface area contributed by atoms with Gasteiger partial charge in [-0.3, -0.25) is 10.2 Å². The lowest BCUT2D eigenvalue weighted by atomic mass is 10.2. The Morgan fingerprint density at radius 3 is 2.87 bits per heavy atom. The van der Waals surface area contributed by atoms with Crippen molar-refractivity contribution in [1.29, 1.82) is 10.7 Å². The van der Waals surface area contributed by atoms with Crippen LogP contribution < -0.4 is 5.32 Å². The summed E-state index contributed by atoms with van der Waals surface area (Å²) in [6, 6.07) is 7.65. The summed E-state index contributed by atoms with van der Waals surface area (Å²) in [5, 5.41) is 20.2. The lowest BCUT2D eigenvalue weighted by Gasteiger charge is -2.16. The molecule has 2 rings (SSSR count). The van der Waals surface area contributed by atoms with Crippen molar-refractivity contribution in [3.63, 3.8) is 0 Å². The van der Waals surface area contributed by atoms with Gasteiger partial charge in [-0.1, -0.05) is 17.8 Å². The molecule has 0 fully saturated rings. The molecule has 1 aliphatic heterocycles. The number of aliphatic imine (C=N–C) groups is 2. The van der Waals surface area contributed by atoms with Crippen LogP contribution in [-0.4, -0.2) is 34.0 Å². The Balaban J connectivity index is 1.98. The fourth-order valence-electron chi connectivity index (χ4n) is 1.76. The molecular weight excluding hydrogens is 337 g/mol. The zero-order chi connectivity index (χ0) is 16.8. The standard InChI is InChI=1S/C14H12FN5OS2/c1-22-12-10(6-16)13(20-14(17)19-12)23-7-11(21)18-9-4-2-3-8(15)5-9/h2-5,10,17H,7H2,1H3,(H,18,21). The minimum Gasteiger partial charge on any atom is -0.325 e. The van der Waals surface area contributed by atoms with Crippen LogP contribution in [0.4, 0.5) is 10.1 Å². The highest BCUT2D eigenvalue weighted by atomic mass is 32.2. The summed E-state index contributed by atoms with van der Waals surface area (Å²) >= 11 is 2.35. The number of nitrogens with zero attached hydrogens (tertiary/aromatic N) is 3. The Bertz CT molecular complexity index is 741. The molecule has 1 aromatic rings. The van der Waals surface area contributed by atoms with E-state index in [9.17, 15) is 14.4 Å². The van der Waals surface area contributed by atoms with E-state index >= 15 is 0 Å². The lowest BCUT2D eigenvalue weighted by molar-refractivity contribution is -0.113. The first-order valence-electron chi connectivity index (χ1n) is 6.41. The summed E-state index contributed by atoms with van der Waals surface area (Å²) in [6.45, 7) is 0. The molecule has 1 aromatic carbocycles. The van der Waals surface area contributed by atoms with Crippen LogP contribution in [0.25, 0.3) is 0 Å². The zero-order valence-electron chi connectivity index (χ0n) is 12.0. The Morgan fingerprint density at radius 2 is 2.22 bits per heavy atom. The first kappa shape index (κ1) is 17.2. The molecule has 0 aromatic heterocycles. The van der Waals surface area contributed by atoms with Gasteiger partial charge in [-0.05, 0) is 24.5 Å². The van der Waals surface area contributed by atoms with Crippen LogP contribution in [0.2, 0.25) is 0 Å². The van der Waals surface area contributed by atoms with Crippen LogP contribution in [0.3, 0.4) is 0 Å². The first-order valence-corrected chi connectivity index (χ1v) is 8.62. The minimum atomic E-state index is -0.661. The number of amides is 1. The monoisotopic (exact) mass is 349 g/mol. The number of carbonyl (C=O) groups is 1. The topological polar surface area (TPSA) is 101 Å². The zero-order valence-corrected chi connectivity index (χ0v) is 13.7. The van der Waals surface area contributed by atoms with Crippen molar-refractivity contribution in [1.82, 2.24) is 0 Å². The largest absolute Gasteiger partial charge is 0.325 e. The molecule has 6 nitrogen and oxygen atoms in total. The smallest absolute Gasteiger partial charge is 0.243 e. The van der Waals surface area contributed by atoms with Crippen molar-refractivity contribution in [2.45, 2.75) is 0 Å². The average molecular weight is 349 g/mol. The first-order chi connectivity index (χ1) is 11.0. The highest BCUT2D eigenvalue weighted by Crippen LogP contribution is 2.23. The van der Waals surface area contributed by atoms with Gasteiger partial charge in [0.05, 0.1) is 11.8 Å². The van der Waals surface area contributed by atoms with Crippen molar-refractivity contribution in [2.24, 2.45) is 15.9 Å². The number of thioether (sulfide) groups is 2. The van der Waals surface area contributed by atoms with Crippen LogP contribution >= 0.6 is 23.5 Å². The molecule has 23 heavy (non-hydrogen) atoms. The molecule has 1 atom stereocenters. The molecular formula is C14H12FN5OS2. The highest BCUT2D eigenvalue weighted by molar-refractivity contribution is 8.16. The normalized spacial score (nSPS) is 17.1. The molecule has 0 aliphatic carbocycles. The summed E-state index contributed by atoms with van der Waals surface area (Å²) in [5.41, 5.74) is 0.358. The second kappa shape index (κ2) is 7.89. The van der Waals surface area contributed by atoms with Crippen LogP contribution in [0.5, 0.6) is 0 Å². The molecule has 0 bridgehead atoms. The number of hydrogen-bond donors (Lipinski definition) is 2. The molecule has 1 heterocycles. The Hall–Kier alpha value is -2.18. The number of halogens is 1. The summed E-state index contributed by atoms with van der Waals surface area (Å²) in [7, 11) is 0. The maximum absolute atomic E-state index is 13.1. The van der Waals surface area contributed by atoms with Gasteiger partial charge in [0.2, 0.25) is 11.9 Å². The van der Waals surface area contributed by atoms with E-state index < -0.39 is 11.7 Å². The number of guanidine groups is 1. The number of anilines is 1. The van der Waals surface area contributed by atoms with Gasteiger partial charge in [0, 0.05) is 5.69 Å². The molecule has 0 saturated carbocycles. The predicted molar refractivity (Wildman–Crippen MR) is 92.7 cm³/mol. The van der Waals surface area contributed by atoms with E-state index in [0.717, 1.165) is 11.8 Å². The summed E-state index contributed by atoms with van der Waals surface area (Å²) < 4.78 is 13.1. The van der Waals surface area contributed by atoms with Gasteiger partial charge in [0.15, 0.2) is 0 Å². The molecule has 118 valence electrons. The van der Waals surface area contributed by atoms with E-state index in [1.807, 2.05) is 0 Å². The third-order valence-electron chi connectivity index (χ3n) is 2.72. The maximum atomic E-state index is 13.1. The second-order valence-corrected chi connectivity index (χ2v) is 6.16. The summed E-state index contributed by atoms with van der Waals surface area (Å²) in [6.07, 6.45) is 1.76. The number of hydrogen-bond acceptors (Lipinski definition) is 5. The van der Waals surface area contributed by atoms with Crippen LogP contribution in [0, 0.1) is 28.5 Å². The van der Waals surface area contributed by atoms with Gasteiger partial charge < -0.3 is 5.32 Å². The third kappa shape index (κ3) is 4.64. The fourth-order valence-corrected chi connectivity index (χ4v) is 3.25. The van der Waals surface area contributed by atoms with Crippen molar-refractivity contribution in [3.05, 3.63) is 30.1 Å². The molecule has 1 aliphatic rings. The number of nitrogens with one attached hydrogen (secondary N) is 2. The highest BCUT2D eigenvalue weighted by Gasteiger charge is 2.27. The van der Waals surface area contributed by atoms with Crippen molar-refractivity contribution in [2.75, 3.05) is 17.3 Å². The summed E-state index contributed by atoms with van der Waals surface area (Å²) in [5.74, 6) is -1.63. The predicted octanol–water partition coefficient (Wildman–Crippen LogP) is 2.75. The Labute approximate surface area is 140 Å². The molecule has 0 radical (unpaired) electrons. The number of benzene rings is 1. The van der Waals surface area contributed by atoms with E-state index in [1.165, 1.54) is 30.0 Å². The van der Waals surface area contributed by atoms with Gasteiger partial charge >= 0.3 is 0 Å². The van der Waals surface area contributed by atoms with Gasteiger partial charge in [0.25, 0.3) is 0 Å². The van der Waals surface area contributed by atoms with E-state index in [0.29, 0.717) is 15.8 Å². The quantitative estimate of drug-likeness (QED) is 0.876. The summed E-state index contributed by atoms with van der Waals surface area (Å²) in [4.78, 5) is 19.7. The van der Waals surface area contributed by atoms with Gasteiger partial charge in [-0.25, -0.2) is 14.4 Å². The SMILES string of the molecule is CSC1=NC(=N)N=C(SCC(=O)Nc2cccc(F)c2)C1C#N. The van der Waals surface area contributed by atoms with Crippen molar-refractivity contribution >= 4 is 51.2 Å². The van der Waals surface area contributed by atoms with E-state index in [4.69, 9.17) is 5.41 Å². The molecule has 0 spiro atoms. The van der Waals surface area contributed by atoms with Crippen molar-refractivity contribution < 1.29 is 9.18 Å². The maximum Gasteiger partial charge on any atom is 0.243 e. The minimum absolute atomic E-state index is 0.00245. The Morgan fingerprint density at radius 1 is 1.48 bits per heavy atom. The van der Waals surface area contributed by atoms with Crippen molar-refractivity contribution in [3.8, 4) is 6.07 Å².